The lowest BCUT2D eigenvalue weighted by Gasteiger charge is -2.24. The number of carbonyl (C=O) groups excluding carboxylic acids is 2. The molecule has 116 valence electrons. The van der Waals surface area contributed by atoms with Crippen LogP contribution in [0.5, 0.6) is 0 Å². The molecule has 1 aliphatic carbocycles. The second-order valence-electron chi connectivity index (χ2n) is 6.66. The van der Waals surface area contributed by atoms with Crippen LogP contribution in [0, 0.1) is 5.41 Å². The van der Waals surface area contributed by atoms with E-state index in [1.807, 2.05) is 20.8 Å². The van der Waals surface area contributed by atoms with E-state index in [0.717, 1.165) is 12.8 Å². The molecule has 0 aliphatic heterocycles. The average Bonchev–Trinajstić information content (AvgIpc) is 3.05. The van der Waals surface area contributed by atoms with E-state index in [1.54, 1.807) is 6.92 Å². The molecule has 0 spiro atoms. The maximum atomic E-state index is 12.3. The van der Waals surface area contributed by atoms with Gasteiger partial charge in [0, 0.05) is 22.1 Å². The molecule has 0 aromatic heterocycles. The van der Waals surface area contributed by atoms with Gasteiger partial charge in [0.2, 0.25) is 5.91 Å². The fourth-order valence-corrected chi connectivity index (χ4v) is 3.49. The Kier molecular flexibility index (Phi) is 5.35. The highest BCUT2D eigenvalue weighted by Crippen LogP contribution is 2.49. The Morgan fingerprint density at radius 1 is 1.35 bits per heavy atom. The molecule has 1 N–H and O–H groups in total. The van der Waals surface area contributed by atoms with Crippen LogP contribution in [-0.2, 0) is 25.1 Å². The molecular formula is C14H25NO4S. The summed E-state index contributed by atoms with van der Waals surface area (Å²) in [6.07, 6.45) is 2.05. The number of carbonyl (C=O) groups is 2. The first-order valence-corrected chi connectivity index (χ1v) is 8.23. The van der Waals surface area contributed by atoms with Crippen molar-refractivity contribution in [3.05, 3.63) is 0 Å². The second kappa shape index (κ2) is 6.24. The molecule has 6 heteroatoms. The van der Waals surface area contributed by atoms with Crippen molar-refractivity contribution < 1.29 is 18.5 Å². The highest BCUT2D eigenvalue weighted by atomic mass is 32.2. The lowest BCUT2D eigenvalue weighted by Crippen LogP contribution is -2.46. The Hall–Kier alpha value is -0.910. The van der Waals surface area contributed by atoms with Gasteiger partial charge in [-0.15, -0.1) is 0 Å². The number of ether oxygens (including phenoxy) is 1. The van der Waals surface area contributed by atoms with E-state index in [2.05, 4.69) is 10.1 Å². The third-order valence-electron chi connectivity index (χ3n) is 3.41. The van der Waals surface area contributed by atoms with Gasteiger partial charge in [-0.25, -0.2) is 0 Å². The van der Waals surface area contributed by atoms with Crippen molar-refractivity contribution in [2.45, 2.75) is 57.7 Å². The number of esters is 1. The van der Waals surface area contributed by atoms with Gasteiger partial charge in [-0.3, -0.25) is 13.8 Å². The van der Waals surface area contributed by atoms with Crippen LogP contribution in [0.1, 0.15) is 47.0 Å². The first-order valence-electron chi connectivity index (χ1n) is 6.85. The van der Waals surface area contributed by atoms with Gasteiger partial charge in [0.15, 0.2) is 0 Å². The summed E-state index contributed by atoms with van der Waals surface area (Å²) in [7, 11) is 0.0812. The summed E-state index contributed by atoms with van der Waals surface area (Å²) >= 11 is 0. The van der Waals surface area contributed by atoms with Crippen molar-refractivity contribution >= 4 is 22.7 Å². The smallest absolute Gasteiger partial charge is 0.306 e. The van der Waals surface area contributed by atoms with Crippen molar-refractivity contribution in [3.63, 3.8) is 0 Å². The van der Waals surface area contributed by atoms with Crippen LogP contribution in [-0.4, -0.2) is 39.7 Å². The molecule has 1 amide bonds. The van der Waals surface area contributed by atoms with Gasteiger partial charge < -0.3 is 10.1 Å². The summed E-state index contributed by atoms with van der Waals surface area (Å²) in [5.41, 5.74) is -0.549. The van der Waals surface area contributed by atoms with E-state index < -0.39 is 16.0 Å². The number of hydrogen-bond acceptors (Lipinski definition) is 4. The van der Waals surface area contributed by atoms with Gasteiger partial charge in [-0.2, -0.15) is 0 Å². The molecule has 0 heterocycles. The average molecular weight is 303 g/mol. The third kappa shape index (κ3) is 5.23. The molecule has 5 nitrogen and oxygen atoms in total. The first kappa shape index (κ1) is 17.1. The zero-order chi connectivity index (χ0) is 15.6. The first-order chi connectivity index (χ1) is 9.08. The monoisotopic (exact) mass is 303 g/mol. The maximum absolute atomic E-state index is 12.3. The van der Waals surface area contributed by atoms with Crippen LogP contribution in [0.2, 0.25) is 0 Å². The molecule has 20 heavy (non-hydrogen) atoms. The van der Waals surface area contributed by atoms with Crippen LogP contribution in [0.25, 0.3) is 0 Å². The van der Waals surface area contributed by atoms with Crippen LogP contribution >= 0.6 is 0 Å². The lowest BCUT2D eigenvalue weighted by molar-refractivity contribution is -0.141. The van der Waals surface area contributed by atoms with E-state index >= 15 is 0 Å². The minimum Gasteiger partial charge on any atom is -0.469 e. The zero-order valence-electron chi connectivity index (χ0n) is 12.9. The summed E-state index contributed by atoms with van der Waals surface area (Å²) in [6.45, 7) is 7.34. The number of rotatable bonds is 6. The minimum atomic E-state index is -1.27. The van der Waals surface area contributed by atoms with Gasteiger partial charge in [-0.05, 0) is 46.0 Å². The Morgan fingerprint density at radius 2 is 1.90 bits per heavy atom. The molecule has 0 aromatic carbocycles. The molecule has 1 saturated carbocycles. The molecule has 0 saturated heterocycles. The molecule has 0 bridgehead atoms. The Bertz CT molecular complexity index is 410. The molecule has 1 aliphatic rings. The Balaban J connectivity index is 2.54. The topological polar surface area (TPSA) is 72.5 Å². The molecule has 0 aromatic rings. The highest BCUT2D eigenvalue weighted by Gasteiger charge is 2.47. The standard InChI is InChI=1S/C14H25NO4S/c1-10(12(17)15-13(2,3)4)20(18)9-14(6-7-14)8-11(16)19-5/h10H,6-9H2,1-5H3,(H,15,17). The fourth-order valence-electron chi connectivity index (χ4n) is 1.94. The van der Waals surface area contributed by atoms with Crippen molar-refractivity contribution in [2.24, 2.45) is 5.41 Å². The van der Waals surface area contributed by atoms with E-state index in [-0.39, 0.29) is 22.8 Å². The summed E-state index contributed by atoms with van der Waals surface area (Å²) < 4.78 is 17.0. The van der Waals surface area contributed by atoms with E-state index in [4.69, 9.17) is 0 Å². The number of nitrogens with one attached hydrogen (secondary N) is 1. The predicted molar refractivity (Wildman–Crippen MR) is 78.7 cm³/mol. The summed E-state index contributed by atoms with van der Waals surface area (Å²) in [6, 6.07) is 0. The fraction of sp³-hybridized carbons (Fsp3) is 0.857. The Morgan fingerprint density at radius 3 is 2.30 bits per heavy atom. The molecule has 0 radical (unpaired) electrons. The minimum absolute atomic E-state index is 0.204. The predicted octanol–water partition coefficient (Wildman–Crippen LogP) is 1.38. The number of hydrogen-bond donors (Lipinski definition) is 1. The summed E-state index contributed by atoms with van der Waals surface area (Å²) in [5, 5.41) is 2.27. The highest BCUT2D eigenvalue weighted by molar-refractivity contribution is 7.86. The van der Waals surface area contributed by atoms with Gasteiger partial charge >= 0.3 is 5.97 Å². The largest absolute Gasteiger partial charge is 0.469 e. The van der Waals surface area contributed by atoms with Gasteiger partial charge in [0.05, 0.1) is 13.5 Å². The normalized spacial score (nSPS) is 19.9. The molecule has 2 unspecified atom stereocenters. The lowest BCUT2D eigenvalue weighted by atomic mass is 10.1. The van der Waals surface area contributed by atoms with E-state index in [1.165, 1.54) is 7.11 Å². The maximum Gasteiger partial charge on any atom is 0.306 e. The van der Waals surface area contributed by atoms with Crippen molar-refractivity contribution in [1.29, 1.82) is 0 Å². The van der Waals surface area contributed by atoms with Crippen LogP contribution in [0.3, 0.4) is 0 Å². The quantitative estimate of drug-likeness (QED) is 0.753. The van der Waals surface area contributed by atoms with Crippen molar-refractivity contribution in [3.8, 4) is 0 Å². The third-order valence-corrected chi connectivity index (χ3v) is 5.31. The van der Waals surface area contributed by atoms with Crippen molar-refractivity contribution in [2.75, 3.05) is 12.9 Å². The van der Waals surface area contributed by atoms with Crippen LogP contribution in [0.15, 0.2) is 0 Å². The molecule has 1 rings (SSSR count). The molecule has 2 atom stereocenters. The van der Waals surface area contributed by atoms with Gasteiger partial charge in [0.25, 0.3) is 0 Å². The zero-order valence-corrected chi connectivity index (χ0v) is 13.8. The van der Waals surface area contributed by atoms with E-state index in [9.17, 15) is 13.8 Å². The SMILES string of the molecule is COC(=O)CC1(CS(=O)C(C)C(=O)NC(C)(C)C)CC1. The molecular weight excluding hydrogens is 278 g/mol. The summed E-state index contributed by atoms with van der Waals surface area (Å²) in [5.74, 6) is -0.0862. The second-order valence-corrected chi connectivity index (χ2v) is 8.42. The van der Waals surface area contributed by atoms with Crippen LogP contribution in [0.4, 0.5) is 0 Å². The Labute approximate surface area is 123 Å². The van der Waals surface area contributed by atoms with Crippen LogP contribution < -0.4 is 5.32 Å². The molecule has 1 fully saturated rings. The van der Waals surface area contributed by atoms with E-state index in [0.29, 0.717) is 12.2 Å². The summed E-state index contributed by atoms with van der Waals surface area (Å²) in [4.78, 5) is 23.3. The van der Waals surface area contributed by atoms with Crippen molar-refractivity contribution in [1.82, 2.24) is 5.32 Å². The van der Waals surface area contributed by atoms with Gasteiger partial charge in [0.1, 0.15) is 5.25 Å². The van der Waals surface area contributed by atoms with Gasteiger partial charge in [-0.1, -0.05) is 0 Å². The number of methoxy groups -OCH3 is 1. The number of amides is 1.